The molecule has 2 heterocycles. The highest BCUT2D eigenvalue weighted by Crippen LogP contribution is 2.21. The average Bonchev–Trinajstić information content (AvgIpc) is 2.41. The predicted molar refractivity (Wildman–Crippen MR) is 68.1 cm³/mol. The second-order valence-corrected chi connectivity index (χ2v) is 6.16. The van der Waals surface area contributed by atoms with Crippen molar-refractivity contribution >= 4 is 15.9 Å². The Morgan fingerprint density at radius 1 is 1.47 bits per heavy atom. The first-order valence-electron chi connectivity index (χ1n) is 6.01. The first-order chi connectivity index (χ1) is 9.03. The van der Waals surface area contributed by atoms with Crippen LogP contribution in [0.5, 0.6) is 0 Å². The fourth-order valence-electron chi connectivity index (χ4n) is 1.99. The van der Waals surface area contributed by atoms with Crippen LogP contribution in [0, 0.1) is 11.7 Å². The molecule has 2 rings (SSSR count). The van der Waals surface area contributed by atoms with E-state index < -0.39 is 16.0 Å². The topological polar surface area (TPSA) is 82.5 Å². The van der Waals surface area contributed by atoms with Crippen molar-refractivity contribution in [3.63, 3.8) is 0 Å². The van der Waals surface area contributed by atoms with Gasteiger partial charge in [0.2, 0.25) is 0 Å². The van der Waals surface area contributed by atoms with E-state index in [1.54, 1.807) is 0 Å². The summed E-state index contributed by atoms with van der Waals surface area (Å²) >= 11 is 0. The fraction of sp³-hybridized carbons (Fsp3) is 0.545. The average molecular weight is 289 g/mol. The number of halogens is 1. The minimum Gasteiger partial charge on any atom is -0.396 e. The zero-order chi connectivity index (χ0) is 13.9. The van der Waals surface area contributed by atoms with Gasteiger partial charge in [-0.15, -0.1) is 0 Å². The van der Waals surface area contributed by atoms with Crippen molar-refractivity contribution < 1.29 is 17.9 Å². The van der Waals surface area contributed by atoms with E-state index in [0.29, 0.717) is 25.9 Å². The highest BCUT2D eigenvalue weighted by atomic mass is 32.2. The number of hydrogen-bond acceptors (Lipinski definition) is 4. The first kappa shape index (κ1) is 14.2. The Hall–Kier alpha value is -1.25. The van der Waals surface area contributed by atoms with Gasteiger partial charge in [-0.25, -0.2) is 4.39 Å². The highest BCUT2D eigenvalue weighted by Gasteiger charge is 2.28. The van der Waals surface area contributed by atoms with Gasteiger partial charge in [0.25, 0.3) is 0 Å². The summed E-state index contributed by atoms with van der Waals surface area (Å²) in [6.07, 6.45) is 3.49. The van der Waals surface area contributed by atoms with E-state index >= 15 is 0 Å². The summed E-state index contributed by atoms with van der Waals surface area (Å²) in [5.41, 5.74) is -0.112. The third kappa shape index (κ3) is 3.40. The van der Waals surface area contributed by atoms with E-state index in [1.807, 2.05) is 0 Å². The van der Waals surface area contributed by atoms with Gasteiger partial charge in [-0.2, -0.15) is 12.7 Å². The van der Waals surface area contributed by atoms with Crippen LogP contribution < -0.4 is 4.72 Å². The lowest BCUT2D eigenvalue weighted by Crippen LogP contribution is -2.42. The van der Waals surface area contributed by atoms with Crippen LogP contribution in [-0.4, -0.2) is 42.5 Å². The summed E-state index contributed by atoms with van der Waals surface area (Å²) in [6.45, 7) is 0.723. The third-order valence-corrected chi connectivity index (χ3v) is 4.71. The van der Waals surface area contributed by atoms with Crippen LogP contribution in [0.2, 0.25) is 0 Å². The zero-order valence-electron chi connectivity index (χ0n) is 10.3. The summed E-state index contributed by atoms with van der Waals surface area (Å²) in [5.74, 6) is -0.569. The van der Waals surface area contributed by atoms with Crippen molar-refractivity contribution in [1.29, 1.82) is 0 Å². The SMILES string of the molecule is O=S(=O)(Nc1ccncc1F)N1CCC(CO)CC1. The van der Waals surface area contributed by atoms with Gasteiger partial charge < -0.3 is 5.11 Å². The molecule has 0 spiro atoms. The molecular formula is C11H16FN3O3S. The summed E-state index contributed by atoms with van der Waals surface area (Å²) in [5, 5.41) is 9.01. The molecule has 0 saturated carbocycles. The number of piperidine rings is 1. The van der Waals surface area contributed by atoms with Crippen LogP contribution in [0.3, 0.4) is 0 Å². The molecule has 1 aliphatic heterocycles. The molecule has 8 heteroatoms. The molecule has 1 aromatic heterocycles. The fourth-order valence-corrected chi connectivity index (χ4v) is 3.26. The van der Waals surface area contributed by atoms with E-state index in [0.717, 1.165) is 6.20 Å². The highest BCUT2D eigenvalue weighted by molar-refractivity contribution is 7.90. The first-order valence-corrected chi connectivity index (χ1v) is 7.45. The zero-order valence-corrected chi connectivity index (χ0v) is 11.1. The van der Waals surface area contributed by atoms with Gasteiger partial charge in [0.05, 0.1) is 11.9 Å². The molecule has 0 aliphatic carbocycles. The smallest absolute Gasteiger partial charge is 0.301 e. The van der Waals surface area contributed by atoms with Crippen molar-refractivity contribution in [2.75, 3.05) is 24.4 Å². The molecular weight excluding hydrogens is 273 g/mol. The number of anilines is 1. The van der Waals surface area contributed by atoms with Crippen LogP contribution in [0.15, 0.2) is 18.5 Å². The van der Waals surface area contributed by atoms with Crippen LogP contribution in [0.4, 0.5) is 10.1 Å². The van der Waals surface area contributed by atoms with Crippen LogP contribution >= 0.6 is 0 Å². The van der Waals surface area contributed by atoms with Gasteiger partial charge in [-0.1, -0.05) is 0 Å². The number of hydrogen-bond donors (Lipinski definition) is 2. The maximum absolute atomic E-state index is 13.4. The van der Waals surface area contributed by atoms with Gasteiger partial charge in [-0.3, -0.25) is 9.71 Å². The lowest BCUT2D eigenvalue weighted by molar-refractivity contribution is 0.170. The summed E-state index contributed by atoms with van der Waals surface area (Å²) in [4.78, 5) is 3.56. The predicted octanol–water partition coefficient (Wildman–Crippen LogP) is 0.582. The quantitative estimate of drug-likeness (QED) is 0.849. The molecule has 106 valence electrons. The number of aliphatic hydroxyl groups excluding tert-OH is 1. The minimum absolute atomic E-state index is 0.0697. The molecule has 1 saturated heterocycles. The Kier molecular flexibility index (Phi) is 4.33. The van der Waals surface area contributed by atoms with E-state index in [4.69, 9.17) is 5.11 Å². The van der Waals surface area contributed by atoms with E-state index in [1.165, 1.54) is 16.6 Å². The Labute approximate surface area is 111 Å². The Morgan fingerprint density at radius 3 is 2.74 bits per heavy atom. The van der Waals surface area contributed by atoms with Crippen molar-refractivity contribution in [1.82, 2.24) is 9.29 Å². The molecule has 1 aromatic rings. The number of nitrogens with one attached hydrogen (secondary N) is 1. The van der Waals surface area contributed by atoms with Gasteiger partial charge in [0, 0.05) is 25.9 Å². The molecule has 1 aliphatic rings. The van der Waals surface area contributed by atoms with Crippen LogP contribution in [0.1, 0.15) is 12.8 Å². The number of rotatable bonds is 4. The van der Waals surface area contributed by atoms with Crippen molar-refractivity contribution in [3.8, 4) is 0 Å². The summed E-state index contributed by atoms with van der Waals surface area (Å²) in [7, 11) is -3.76. The van der Waals surface area contributed by atoms with E-state index in [9.17, 15) is 12.8 Å². The van der Waals surface area contributed by atoms with Gasteiger partial charge in [-0.05, 0) is 24.8 Å². The molecule has 0 radical (unpaired) electrons. The standard InChI is InChI=1S/C11H16FN3O3S/c12-10-7-13-4-1-11(10)14-19(17,18)15-5-2-9(8-16)3-6-15/h1,4,7,9,16H,2-3,5-6,8H2,(H,13,14). The van der Waals surface area contributed by atoms with Crippen molar-refractivity contribution in [2.24, 2.45) is 5.92 Å². The number of aliphatic hydroxyl groups is 1. The van der Waals surface area contributed by atoms with Gasteiger partial charge in [0.1, 0.15) is 0 Å². The molecule has 6 nitrogen and oxygen atoms in total. The second-order valence-electron chi connectivity index (χ2n) is 4.49. The van der Waals surface area contributed by atoms with Gasteiger partial charge in [0.15, 0.2) is 5.82 Å². The minimum atomic E-state index is -3.76. The molecule has 19 heavy (non-hydrogen) atoms. The Morgan fingerprint density at radius 2 is 2.16 bits per heavy atom. The summed E-state index contributed by atoms with van der Waals surface area (Å²) < 4.78 is 41.0. The van der Waals surface area contributed by atoms with Gasteiger partial charge >= 0.3 is 10.2 Å². The molecule has 2 N–H and O–H groups in total. The molecule has 0 aromatic carbocycles. The second kappa shape index (κ2) is 5.81. The Balaban J connectivity index is 2.05. The molecule has 0 unspecified atom stereocenters. The maximum atomic E-state index is 13.4. The lowest BCUT2D eigenvalue weighted by atomic mass is 10.00. The Bertz CT molecular complexity index is 530. The molecule has 0 bridgehead atoms. The van der Waals surface area contributed by atoms with Crippen LogP contribution in [-0.2, 0) is 10.2 Å². The molecule has 1 fully saturated rings. The van der Waals surface area contributed by atoms with E-state index in [2.05, 4.69) is 9.71 Å². The third-order valence-electron chi connectivity index (χ3n) is 3.18. The van der Waals surface area contributed by atoms with Crippen molar-refractivity contribution in [3.05, 3.63) is 24.3 Å². The van der Waals surface area contributed by atoms with Crippen LogP contribution in [0.25, 0.3) is 0 Å². The lowest BCUT2D eigenvalue weighted by Gasteiger charge is -2.30. The number of nitrogens with zero attached hydrogens (tertiary/aromatic N) is 2. The van der Waals surface area contributed by atoms with Crippen molar-refractivity contribution in [2.45, 2.75) is 12.8 Å². The monoisotopic (exact) mass is 289 g/mol. The molecule has 0 atom stereocenters. The van der Waals surface area contributed by atoms with E-state index in [-0.39, 0.29) is 18.2 Å². The maximum Gasteiger partial charge on any atom is 0.301 e. The number of aromatic nitrogens is 1. The number of pyridine rings is 1. The largest absolute Gasteiger partial charge is 0.396 e. The summed E-state index contributed by atoms with van der Waals surface area (Å²) in [6, 6.07) is 1.27. The molecule has 0 amide bonds. The normalized spacial score (nSPS) is 18.4.